The molecule has 0 aliphatic rings. The van der Waals surface area contributed by atoms with E-state index >= 15 is 0 Å². The fourth-order valence-corrected chi connectivity index (χ4v) is 2.47. The molecule has 0 aromatic heterocycles. The van der Waals surface area contributed by atoms with Gasteiger partial charge in [-0.15, -0.1) is 0 Å². The highest BCUT2D eigenvalue weighted by Gasteiger charge is 2.41. The summed E-state index contributed by atoms with van der Waals surface area (Å²) in [6.07, 6.45) is 1.79. The first-order valence-electron chi connectivity index (χ1n) is 7.92. The summed E-state index contributed by atoms with van der Waals surface area (Å²) < 4.78 is 10.7. The number of ether oxygens (including phenoxy) is 2. The fourth-order valence-electron chi connectivity index (χ4n) is 2.47. The Morgan fingerprint density at radius 1 is 1.14 bits per heavy atom. The smallest absolute Gasteiger partial charge is 0.350 e. The predicted molar refractivity (Wildman–Crippen MR) is 85.5 cm³/mol. The van der Waals surface area contributed by atoms with E-state index in [0.29, 0.717) is 12.8 Å². The molecule has 4 nitrogen and oxygen atoms in total. The Labute approximate surface area is 132 Å². The minimum atomic E-state index is -1.16. The van der Waals surface area contributed by atoms with E-state index in [1.165, 1.54) is 0 Å². The number of rotatable bonds is 8. The van der Waals surface area contributed by atoms with Gasteiger partial charge in [-0.3, -0.25) is 4.79 Å². The van der Waals surface area contributed by atoms with Gasteiger partial charge in [-0.05, 0) is 37.8 Å². The van der Waals surface area contributed by atoms with Crippen LogP contribution in [0.25, 0.3) is 0 Å². The van der Waals surface area contributed by atoms with Gasteiger partial charge in [0.2, 0.25) is 5.60 Å². The molecular weight excluding hydrogens is 280 g/mol. The summed E-state index contributed by atoms with van der Waals surface area (Å²) in [5, 5.41) is 0. The standard InChI is InChI=1S/C18H26O4/c1-5-12-18(6-2,17(20)21-7-3)22-16(19)13-15-11-9-8-10-14(15)4/h8-11H,5-7,12-13H2,1-4H3. The van der Waals surface area contributed by atoms with Gasteiger partial charge >= 0.3 is 11.9 Å². The number of carbonyl (C=O) groups is 2. The molecule has 1 unspecified atom stereocenters. The van der Waals surface area contributed by atoms with Crippen LogP contribution in [0, 0.1) is 6.92 Å². The first-order chi connectivity index (χ1) is 10.5. The van der Waals surface area contributed by atoms with Gasteiger partial charge in [0.1, 0.15) is 0 Å². The van der Waals surface area contributed by atoms with E-state index in [2.05, 4.69) is 0 Å². The van der Waals surface area contributed by atoms with Gasteiger partial charge in [0.25, 0.3) is 0 Å². The number of carbonyl (C=O) groups excluding carboxylic acids is 2. The summed E-state index contributed by atoms with van der Waals surface area (Å²) in [6.45, 7) is 7.78. The molecule has 0 heterocycles. The van der Waals surface area contributed by atoms with E-state index in [0.717, 1.165) is 17.5 Å². The maximum absolute atomic E-state index is 12.3. The first-order valence-corrected chi connectivity index (χ1v) is 7.92. The largest absolute Gasteiger partial charge is 0.463 e. The molecule has 0 saturated carbocycles. The van der Waals surface area contributed by atoms with Crippen LogP contribution in [0.5, 0.6) is 0 Å². The Kier molecular flexibility index (Phi) is 7.09. The second-order valence-corrected chi connectivity index (χ2v) is 5.40. The molecule has 122 valence electrons. The summed E-state index contributed by atoms with van der Waals surface area (Å²) in [5.41, 5.74) is 0.788. The van der Waals surface area contributed by atoms with E-state index < -0.39 is 17.5 Å². The highest BCUT2D eigenvalue weighted by Crippen LogP contribution is 2.25. The average molecular weight is 306 g/mol. The first kappa shape index (κ1) is 18.2. The SMILES string of the molecule is CCCC(CC)(OC(=O)Cc1ccccc1C)C(=O)OCC. The third-order valence-electron chi connectivity index (χ3n) is 3.78. The normalized spacial score (nSPS) is 13.3. The van der Waals surface area contributed by atoms with E-state index in [-0.39, 0.29) is 13.0 Å². The van der Waals surface area contributed by atoms with Crippen LogP contribution in [0.15, 0.2) is 24.3 Å². The van der Waals surface area contributed by atoms with Gasteiger partial charge in [0.15, 0.2) is 0 Å². The van der Waals surface area contributed by atoms with Crippen LogP contribution in [-0.4, -0.2) is 24.1 Å². The number of hydrogen-bond donors (Lipinski definition) is 0. The van der Waals surface area contributed by atoms with Crippen molar-refractivity contribution >= 4 is 11.9 Å². The Morgan fingerprint density at radius 3 is 2.36 bits per heavy atom. The molecule has 0 aliphatic carbocycles. The van der Waals surface area contributed by atoms with Crippen LogP contribution in [0.1, 0.15) is 51.2 Å². The summed E-state index contributed by atoms with van der Waals surface area (Å²) in [5.74, 6) is -0.838. The maximum atomic E-state index is 12.3. The van der Waals surface area contributed by atoms with E-state index in [1.807, 2.05) is 45.0 Å². The van der Waals surface area contributed by atoms with E-state index in [1.54, 1.807) is 6.92 Å². The molecule has 1 atom stereocenters. The topological polar surface area (TPSA) is 52.6 Å². The molecule has 4 heteroatoms. The highest BCUT2D eigenvalue weighted by molar-refractivity contribution is 5.84. The molecule has 22 heavy (non-hydrogen) atoms. The molecule has 1 rings (SSSR count). The van der Waals surface area contributed by atoms with Crippen molar-refractivity contribution in [2.45, 2.75) is 59.0 Å². The van der Waals surface area contributed by atoms with Crippen LogP contribution in [-0.2, 0) is 25.5 Å². The summed E-state index contributed by atoms with van der Waals surface area (Å²) in [7, 11) is 0. The molecule has 0 spiro atoms. The van der Waals surface area contributed by atoms with Crippen molar-refractivity contribution in [2.75, 3.05) is 6.61 Å². The zero-order chi connectivity index (χ0) is 16.6. The van der Waals surface area contributed by atoms with Crippen molar-refractivity contribution in [3.63, 3.8) is 0 Å². The van der Waals surface area contributed by atoms with E-state index in [9.17, 15) is 9.59 Å². The lowest BCUT2D eigenvalue weighted by Gasteiger charge is -2.30. The Bertz CT molecular complexity index is 510. The molecular formula is C18H26O4. The number of aryl methyl sites for hydroxylation is 1. The minimum absolute atomic E-state index is 0.164. The van der Waals surface area contributed by atoms with Gasteiger partial charge in [-0.1, -0.05) is 44.5 Å². The third-order valence-corrected chi connectivity index (χ3v) is 3.78. The van der Waals surface area contributed by atoms with Crippen molar-refractivity contribution in [3.05, 3.63) is 35.4 Å². The Morgan fingerprint density at radius 2 is 1.82 bits per heavy atom. The zero-order valence-electron chi connectivity index (χ0n) is 14.0. The monoisotopic (exact) mass is 306 g/mol. The maximum Gasteiger partial charge on any atom is 0.350 e. The minimum Gasteiger partial charge on any atom is -0.463 e. The van der Waals surface area contributed by atoms with Crippen LogP contribution < -0.4 is 0 Å². The van der Waals surface area contributed by atoms with Crippen LogP contribution >= 0.6 is 0 Å². The quantitative estimate of drug-likeness (QED) is 0.689. The van der Waals surface area contributed by atoms with Crippen molar-refractivity contribution in [2.24, 2.45) is 0 Å². The molecule has 1 aromatic rings. The summed E-state index contributed by atoms with van der Waals surface area (Å²) in [4.78, 5) is 24.5. The lowest BCUT2D eigenvalue weighted by molar-refractivity contribution is -0.183. The zero-order valence-corrected chi connectivity index (χ0v) is 14.0. The summed E-state index contributed by atoms with van der Waals surface area (Å²) in [6, 6.07) is 7.66. The molecule has 0 bridgehead atoms. The molecule has 0 saturated heterocycles. The number of esters is 2. The Hall–Kier alpha value is -1.84. The van der Waals surface area contributed by atoms with Crippen molar-refractivity contribution in [1.29, 1.82) is 0 Å². The molecule has 1 aromatic carbocycles. The Balaban J connectivity index is 2.87. The average Bonchev–Trinajstić information content (AvgIpc) is 2.49. The number of benzene rings is 1. The van der Waals surface area contributed by atoms with Crippen molar-refractivity contribution in [3.8, 4) is 0 Å². The second kappa shape index (κ2) is 8.57. The van der Waals surface area contributed by atoms with Crippen LogP contribution in [0.3, 0.4) is 0 Å². The van der Waals surface area contributed by atoms with Crippen molar-refractivity contribution < 1.29 is 19.1 Å². The second-order valence-electron chi connectivity index (χ2n) is 5.40. The molecule has 0 N–H and O–H groups in total. The van der Waals surface area contributed by atoms with Crippen molar-refractivity contribution in [1.82, 2.24) is 0 Å². The molecule has 0 aliphatic heterocycles. The van der Waals surface area contributed by atoms with Gasteiger partial charge in [0.05, 0.1) is 13.0 Å². The lowest BCUT2D eigenvalue weighted by Crippen LogP contribution is -2.44. The lowest BCUT2D eigenvalue weighted by atomic mass is 9.94. The van der Waals surface area contributed by atoms with E-state index in [4.69, 9.17) is 9.47 Å². The summed E-state index contributed by atoms with van der Waals surface area (Å²) >= 11 is 0. The van der Waals surface area contributed by atoms with Gasteiger partial charge in [-0.25, -0.2) is 4.79 Å². The fraction of sp³-hybridized carbons (Fsp3) is 0.556. The van der Waals surface area contributed by atoms with Crippen LogP contribution in [0.4, 0.5) is 0 Å². The van der Waals surface area contributed by atoms with Gasteiger partial charge in [0, 0.05) is 0 Å². The molecule has 0 radical (unpaired) electrons. The van der Waals surface area contributed by atoms with Crippen LogP contribution in [0.2, 0.25) is 0 Å². The number of hydrogen-bond acceptors (Lipinski definition) is 4. The molecule has 0 amide bonds. The molecule has 0 fully saturated rings. The third kappa shape index (κ3) is 4.58. The highest BCUT2D eigenvalue weighted by atomic mass is 16.6. The predicted octanol–water partition coefficient (Wildman–Crippen LogP) is 3.59. The van der Waals surface area contributed by atoms with Gasteiger partial charge < -0.3 is 9.47 Å². The van der Waals surface area contributed by atoms with Gasteiger partial charge in [-0.2, -0.15) is 0 Å².